The van der Waals surface area contributed by atoms with E-state index in [1.54, 1.807) is 65.8 Å². The van der Waals surface area contributed by atoms with E-state index in [-0.39, 0.29) is 6.42 Å². The fraction of sp³-hybridized carbons (Fsp3) is 0.545. The van der Waals surface area contributed by atoms with Gasteiger partial charge in [-0.15, -0.1) is 0 Å². The van der Waals surface area contributed by atoms with Gasteiger partial charge in [0.2, 0.25) is 11.4 Å². The summed E-state index contributed by atoms with van der Waals surface area (Å²) in [6.07, 6.45) is -0.726. The molecule has 0 saturated heterocycles. The lowest BCUT2D eigenvalue weighted by atomic mass is 9.98. The fourth-order valence-corrected chi connectivity index (χ4v) is 2.44. The minimum Gasteiger partial charge on any atom is -0.458 e. The van der Waals surface area contributed by atoms with Crippen molar-refractivity contribution in [1.29, 1.82) is 0 Å². The molecule has 0 bridgehead atoms. The minimum atomic E-state index is -2.13. The summed E-state index contributed by atoms with van der Waals surface area (Å²) in [4.78, 5) is 50.0. The fourth-order valence-electron chi connectivity index (χ4n) is 2.44. The van der Waals surface area contributed by atoms with Gasteiger partial charge in [0.15, 0.2) is 0 Å². The number of nitrogens with two attached hydrogens (primary N) is 1. The van der Waals surface area contributed by atoms with Crippen LogP contribution in [0.4, 0.5) is 4.79 Å². The maximum atomic E-state index is 13.0. The van der Waals surface area contributed by atoms with E-state index < -0.39 is 46.7 Å². The lowest BCUT2D eigenvalue weighted by Gasteiger charge is -2.31. The third-order valence-corrected chi connectivity index (χ3v) is 3.96. The van der Waals surface area contributed by atoms with E-state index in [9.17, 15) is 19.2 Å². The first-order valence-electron chi connectivity index (χ1n) is 9.92. The van der Waals surface area contributed by atoms with E-state index >= 15 is 0 Å². The van der Waals surface area contributed by atoms with Crippen LogP contribution in [-0.2, 0) is 30.3 Å². The number of alkyl carbamates (subject to hydrolysis) is 1. The molecule has 0 aliphatic carbocycles. The van der Waals surface area contributed by atoms with Crippen LogP contribution in [0.3, 0.4) is 0 Å². The highest BCUT2D eigenvalue weighted by Gasteiger charge is 2.45. The molecule has 0 aliphatic heterocycles. The first-order valence-corrected chi connectivity index (χ1v) is 9.92. The third-order valence-electron chi connectivity index (χ3n) is 3.96. The summed E-state index contributed by atoms with van der Waals surface area (Å²) in [6, 6.07) is 7.79. The highest BCUT2D eigenvalue weighted by atomic mass is 16.6. The first kappa shape index (κ1) is 25.9. The molecule has 172 valence electrons. The van der Waals surface area contributed by atoms with Crippen molar-refractivity contribution in [3.63, 3.8) is 0 Å². The Balaban J connectivity index is 3.14. The van der Waals surface area contributed by atoms with Crippen LogP contribution >= 0.6 is 0 Å². The Bertz CT molecular complexity index is 811. The van der Waals surface area contributed by atoms with Crippen LogP contribution in [0.5, 0.6) is 0 Å². The Hall–Kier alpha value is -3.10. The van der Waals surface area contributed by atoms with E-state index in [2.05, 4.69) is 10.6 Å². The molecule has 1 rings (SSSR count). The second-order valence-corrected chi connectivity index (χ2v) is 9.37. The van der Waals surface area contributed by atoms with Crippen LogP contribution in [0.25, 0.3) is 0 Å². The summed E-state index contributed by atoms with van der Waals surface area (Å²) in [6.45, 7) is 11.1. The number of hydrogen-bond donors (Lipinski definition) is 3. The Morgan fingerprint density at radius 3 is 1.87 bits per heavy atom. The van der Waals surface area contributed by atoms with Crippen LogP contribution in [0.2, 0.25) is 0 Å². The lowest BCUT2D eigenvalue weighted by molar-refractivity contribution is -0.166. The summed E-state index contributed by atoms with van der Waals surface area (Å²) in [5.41, 5.74) is 2.34. The van der Waals surface area contributed by atoms with E-state index in [1.165, 1.54) is 0 Å². The summed E-state index contributed by atoms with van der Waals surface area (Å²) in [5, 5.41) is 4.84. The van der Waals surface area contributed by atoms with Gasteiger partial charge in [0.1, 0.15) is 17.2 Å². The van der Waals surface area contributed by atoms with Gasteiger partial charge in [0.25, 0.3) is 5.91 Å². The first-order chi connectivity index (χ1) is 14.0. The van der Waals surface area contributed by atoms with Crippen molar-refractivity contribution in [1.82, 2.24) is 10.6 Å². The normalized spacial score (nSPS) is 14.5. The summed E-state index contributed by atoms with van der Waals surface area (Å²) >= 11 is 0. The number of esters is 1. The molecule has 0 heterocycles. The van der Waals surface area contributed by atoms with Gasteiger partial charge < -0.3 is 25.8 Å². The minimum absolute atomic E-state index is 0.0923. The summed E-state index contributed by atoms with van der Waals surface area (Å²) in [7, 11) is 0. The van der Waals surface area contributed by atoms with Crippen LogP contribution in [0.15, 0.2) is 30.3 Å². The highest BCUT2D eigenvalue weighted by Crippen LogP contribution is 2.16. The van der Waals surface area contributed by atoms with Crippen molar-refractivity contribution in [2.45, 2.75) is 77.7 Å². The Kier molecular flexibility index (Phi) is 8.20. The van der Waals surface area contributed by atoms with Crippen molar-refractivity contribution in [3.05, 3.63) is 35.9 Å². The van der Waals surface area contributed by atoms with Gasteiger partial charge >= 0.3 is 12.1 Å². The number of nitrogens with one attached hydrogen (secondary N) is 2. The predicted octanol–water partition coefficient (Wildman–Crippen LogP) is 1.82. The standard InChI is InChI=1S/C22H33N3O6/c1-20(2,3)30-18(28)22(7,17(23)27)25-16(26)15(13-14-11-9-8-10-12-14)24-19(29)31-21(4,5)6/h8-12,15H,13H2,1-7H3,(H2,23,27)(H,24,29)(H,25,26)/t15-,22-/m0/s1. The molecule has 0 unspecified atom stereocenters. The smallest absolute Gasteiger partial charge is 0.408 e. The van der Waals surface area contributed by atoms with Gasteiger partial charge in [-0.25, -0.2) is 9.59 Å². The van der Waals surface area contributed by atoms with Gasteiger partial charge in [0.05, 0.1) is 0 Å². The molecular formula is C22H33N3O6. The number of hydrogen-bond acceptors (Lipinski definition) is 6. The third kappa shape index (κ3) is 8.65. The van der Waals surface area contributed by atoms with Gasteiger partial charge in [-0.1, -0.05) is 30.3 Å². The highest BCUT2D eigenvalue weighted by molar-refractivity contribution is 6.09. The molecule has 0 radical (unpaired) electrons. The van der Waals surface area contributed by atoms with E-state index in [1.807, 2.05) is 6.07 Å². The molecule has 0 spiro atoms. The van der Waals surface area contributed by atoms with Gasteiger partial charge in [0, 0.05) is 6.42 Å². The second-order valence-electron chi connectivity index (χ2n) is 9.37. The number of carbonyl (C=O) groups excluding carboxylic acids is 4. The van der Waals surface area contributed by atoms with Crippen LogP contribution in [0.1, 0.15) is 54.0 Å². The monoisotopic (exact) mass is 435 g/mol. The second kappa shape index (κ2) is 9.80. The molecule has 31 heavy (non-hydrogen) atoms. The summed E-state index contributed by atoms with van der Waals surface area (Å²) < 4.78 is 10.5. The van der Waals surface area contributed by atoms with Crippen molar-refractivity contribution < 1.29 is 28.7 Å². The topological polar surface area (TPSA) is 137 Å². The van der Waals surface area contributed by atoms with Crippen molar-refractivity contribution in [2.75, 3.05) is 0 Å². The van der Waals surface area contributed by atoms with Crippen LogP contribution in [-0.4, -0.2) is 46.7 Å². The Morgan fingerprint density at radius 2 is 1.42 bits per heavy atom. The van der Waals surface area contributed by atoms with E-state index in [0.717, 1.165) is 12.5 Å². The SMILES string of the molecule is CC(C)(C)OC(=O)N[C@@H](Cc1ccccc1)C(=O)N[C@@](C)(C(N)=O)C(=O)OC(C)(C)C. The largest absolute Gasteiger partial charge is 0.458 e. The number of rotatable bonds is 7. The summed E-state index contributed by atoms with van der Waals surface area (Å²) in [5.74, 6) is -2.88. The maximum Gasteiger partial charge on any atom is 0.408 e. The molecule has 1 aromatic carbocycles. The average molecular weight is 436 g/mol. The molecule has 9 nitrogen and oxygen atoms in total. The van der Waals surface area contributed by atoms with Crippen LogP contribution in [0, 0.1) is 0 Å². The zero-order chi connectivity index (χ0) is 24.0. The van der Waals surface area contributed by atoms with E-state index in [0.29, 0.717) is 0 Å². The van der Waals surface area contributed by atoms with Gasteiger partial charge in [-0.05, 0) is 54.0 Å². The number of benzene rings is 1. The number of carbonyl (C=O) groups is 4. The lowest BCUT2D eigenvalue weighted by Crippen LogP contribution is -2.65. The zero-order valence-corrected chi connectivity index (χ0v) is 19.2. The molecule has 0 aliphatic rings. The molecule has 2 atom stereocenters. The molecule has 0 fully saturated rings. The molecule has 3 amide bonds. The maximum absolute atomic E-state index is 13.0. The van der Waals surface area contributed by atoms with Crippen LogP contribution < -0.4 is 16.4 Å². The molecule has 0 aromatic heterocycles. The molecular weight excluding hydrogens is 402 g/mol. The number of amides is 3. The van der Waals surface area contributed by atoms with Crippen molar-refractivity contribution in [3.8, 4) is 0 Å². The Labute approximate surface area is 183 Å². The van der Waals surface area contributed by atoms with Gasteiger partial charge in [-0.2, -0.15) is 0 Å². The predicted molar refractivity (Wildman–Crippen MR) is 115 cm³/mol. The molecule has 9 heteroatoms. The zero-order valence-electron chi connectivity index (χ0n) is 19.2. The van der Waals surface area contributed by atoms with Gasteiger partial charge in [-0.3, -0.25) is 9.59 Å². The quantitative estimate of drug-likeness (QED) is 0.441. The average Bonchev–Trinajstić information content (AvgIpc) is 2.58. The molecule has 0 saturated carbocycles. The molecule has 4 N–H and O–H groups in total. The van der Waals surface area contributed by atoms with E-state index in [4.69, 9.17) is 15.2 Å². The Morgan fingerprint density at radius 1 is 0.903 bits per heavy atom. The number of primary amides is 1. The number of ether oxygens (including phenoxy) is 2. The molecule has 1 aromatic rings. The van der Waals surface area contributed by atoms with Crippen molar-refractivity contribution >= 4 is 23.9 Å². The van der Waals surface area contributed by atoms with Crippen molar-refractivity contribution in [2.24, 2.45) is 5.73 Å².